The maximum absolute atomic E-state index is 11.8. The topological polar surface area (TPSA) is 26.3 Å². The predicted octanol–water partition coefficient (Wildman–Crippen LogP) is 3.02. The first-order chi connectivity index (χ1) is 7.15. The van der Waals surface area contributed by atoms with Crippen molar-refractivity contribution in [1.82, 2.24) is 0 Å². The Kier molecular flexibility index (Phi) is 4.69. The van der Waals surface area contributed by atoms with Gasteiger partial charge in [0, 0.05) is 0 Å². The lowest BCUT2D eigenvalue weighted by atomic mass is 10.1. The van der Waals surface area contributed by atoms with E-state index in [4.69, 9.17) is 4.74 Å². The molecule has 0 saturated carbocycles. The summed E-state index contributed by atoms with van der Waals surface area (Å²) in [4.78, 5) is 11.8. The first-order valence-corrected chi connectivity index (χ1v) is 5.98. The van der Waals surface area contributed by atoms with Crippen LogP contribution < -0.4 is 4.74 Å². The lowest BCUT2D eigenvalue weighted by Gasteiger charge is -2.08. The number of carbonyl (C=O) groups excluding carboxylic acids is 1. The van der Waals surface area contributed by atoms with Crippen LogP contribution in [0.3, 0.4) is 0 Å². The second kappa shape index (κ2) is 5.81. The normalized spacial score (nSPS) is 10.4. The molecule has 0 amide bonds. The van der Waals surface area contributed by atoms with Gasteiger partial charge < -0.3 is 4.74 Å². The number of rotatable bonds is 5. The third kappa shape index (κ3) is 3.59. The van der Waals surface area contributed by atoms with E-state index < -0.39 is 0 Å². The molecule has 1 aromatic rings. The van der Waals surface area contributed by atoms with Gasteiger partial charge in [-0.1, -0.05) is 26.0 Å². The fraction of sp³-hybridized carbons (Fsp3) is 0.417. The fourth-order valence-corrected chi connectivity index (χ4v) is 1.84. The van der Waals surface area contributed by atoms with Crippen LogP contribution >= 0.6 is 11.8 Å². The Morgan fingerprint density at radius 2 is 2.07 bits per heavy atom. The summed E-state index contributed by atoms with van der Waals surface area (Å²) in [6.07, 6.45) is 0. The quantitative estimate of drug-likeness (QED) is 0.719. The van der Waals surface area contributed by atoms with Crippen molar-refractivity contribution in [1.29, 1.82) is 0 Å². The molecule has 1 rings (SSSR count). The Labute approximate surface area is 95.0 Å². The number of hydrogen-bond acceptors (Lipinski definition) is 3. The van der Waals surface area contributed by atoms with Gasteiger partial charge in [0.15, 0.2) is 5.78 Å². The van der Waals surface area contributed by atoms with Gasteiger partial charge in [-0.3, -0.25) is 4.79 Å². The highest BCUT2D eigenvalue weighted by atomic mass is 32.2. The Balaban J connectivity index is 2.72. The number of Topliss-reactive ketones (excluding diaryl/α,β-unsaturated/α-hetero) is 1. The van der Waals surface area contributed by atoms with Crippen LogP contribution in [0.2, 0.25) is 0 Å². The largest absolute Gasteiger partial charge is 0.496 e. The van der Waals surface area contributed by atoms with Crippen LogP contribution in [0.4, 0.5) is 0 Å². The van der Waals surface area contributed by atoms with Gasteiger partial charge in [0.1, 0.15) is 5.75 Å². The molecule has 0 aromatic heterocycles. The minimum absolute atomic E-state index is 0.131. The molecule has 15 heavy (non-hydrogen) atoms. The molecule has 82 valence electrons. The van der Waals surface area contributed by atoms with Crippen molar-refractivity contribution in [3.8, 4) is 5.75 Å². The van der Waals surface area contributed by atoms with Crippen molar-refractivity contribution in [2.45, 2.75) is 19.1 Å². The molecule has 0 N–H and O–H groups in total. The third-order valence-electron chi connectivity index (χ3n) is 1.96. The van der Waals surface area contributed by atoms with Crippen molar-refractivity contribution >= 4 is 17.5 Å². The fourth-order valence-electron chi connectivity index (χ4n) is 1.20. The van der Waals surface area contributed by atoms with E-state index >= 15 is 0 Å². The number of ether oxygens (including phenoxy) is 1. The number of para-hydroxylation sites is 1. The van der Waals surface area contributed by atoms with Crippen LogP contribution in [0.15, 0.2) is 24.3 Å². The molecule has 0 fully saturated rings. The molecule has 0 unspecified atom stereocenters. The summed E-state index contributed by atoms with van der Waals surface area (Å²) in [5.74, 6) is 1.30. The van der Waals surface area contributed by atoms with Crippen LogP contribution in [-0.4, -0.2) is 23.9 Å². The first-order valence-electron chi connectivity index (χ1n) is 4.93. The average molecular weight is 224 g/mol. The molecule has 0 heterocycles. The monoisotopic (exact) mass is 224 g/mol. The summed E-state index contributed by atoms with van der Waals surface area (Å²) in [5.41, 5.74) is 0.674. The molecule has 0 aliphatic rings. The third-order valence-corrected chi connectivity index (χ3v) is 3.05. The summed E-state index contributed by atoms with van der Waals surface area (Å²) in [6.45, 7) is 4.17. The smallest absolute Gasteiger partial charge is 0.176 e. The Morgan fingerprint density at radius 3 is 2.67 bits per heavy atom. The highest BCUT2D eigenvalue weighted by Gasteiger charge is 2.11. The van der Waals surface area contributed by atoms with Gasteiger partial charge in [0.25, 0.3) is 0 Å². The number of thioether (sulfide) groups is 1. The van der Waals surface area contributed by atoms with Gasteiger partial charge in [0.05, 0.1) is 18.4 Å². The Hall–Kier alpha value is -0.960. The molecule has 0 atom stereocenters. The van der Waals surface area contributed by atoms with Gasteiger partial charge in [-0.2, -0.15) is 11.8 Å². The number of ketones is 1. The van der Waals surface area contributed by atoms with E-state index in [-0.39, 0.29) is 5.78 Å². The van der Waals surface area contributed by atoms with E-state index in [0.717, 1.165) is 0 Å². The molecular formula is C12H16O2S. The van der Waals surface area contributed by atoms with Crippen LogP contribution in [0.5, 0.6) is 5.75 Å². The number of methoxy groups -OCH3 is 1. The average Bonchev–Trinajstić information content (AvgIpc) is 2.25. The van der Waals surface area contributed by atoms with Crippen molar-refractivity contribution in [2.24, 2.45) is 0 Å². The van der Waals surface area contributed by atoms with Gasteiger partial charge in [-0.15, -0.1) is 0 Å². The van der Waals surface area contributed by atoms with Crippen LogP contribution in [0, 0.1) is 0 Å². The Morgan fingerprint density at radius 1 is 1.40 bits per heavy atom. The number of benzene rings is 1. The highest BCUT2D eigenvalue weighted by Crippen LogP contribution is 2.20. The van der Waals surface area contributed by atoms with Crippen LogP contribution in [0.1, 0.15) is 24.2 Å². The summed E-state index contributed by atoms with van der Waals surface area (Å²) < 4.78 is 5.14. The summed E-state index contributed by atoms with van der Waals surface area (Å²) in [6, 6.07) is 7.34. The maximum Gasteiger partial charge on any atom is 0.176 e. The second-order valence-electron chi connectivity index (χ2n) is 3.48. The molecule has 1 aromatic carbocycles. The standard InChI is InChI=1S/C12H16O2S/c1-9(2)15-8-11(13)10-6-4-5-7-12(10)14-3/h4-7,9H,8H2,1-3H3. The minimum atomic E-state index is 0.131. The summed E-state index contributed by atoms with van der Waals surface area (Å²) in [5, 5.41) is 0.476. The van der Waals surface area contributed by atoms with Gasteiger partial charge >= 0.3 is 0 Å². The SMILES string of the molecule is COc1ccccc1C(=O)CSC(C)C. The molecular weight excluding hydrogens is 208 g/mol. The van der Waals surface area contributed by atoms with E-state index in [1.54, 1.807) is 18.9 Å². The van der Waals surface area contributed by atoms with E-state index in [1.165, 1.54) is 0 Å². The van der Waals surface area contributed by atoms with Gasteiger partial charge in [-0.25, -0.2) is 0 Å². The van der Waals surface area contributed by atoms with Crippen molar-refractivity contribution in [3.05, 3.63) is 29.8 Å². The van der Waals surface area contributed by atoms with Gasteiger partial charge in [0.2, 0.25) is 0 Å². The van der Waals surface area contributed by atoms with Crippen molar-refractivity contribution < 1.29 is 9.53 Å². The molecule has 3 heteroatoms. The lowest BCUT2D eigenvalue weighted by Crippen LogP contribution is -2.06. The zero-order valence-electron chi connectivity index (χ0n) is 9.32. The molecule has 0 aliphatic carbocycles. The molecule has 0 aliphatic heterocycles. The minimum Gasteiger partial charge on any atom is -0.496 e. The Bertz CT molecular complexity index is 334. The lowest BCUT2D eigenvalue weighted by molar-refractivity contribution is 0.101. The summed E-state index contributed by atoms with van der Waals surface area (Å²) in [7, 11) is 1.59. The molecule has 0 bridgehead atoms. The van der Waals surface area contributed by atoms with Crippen molar-refractivity contribution in [3.63, 3.8) is 0 Å². The zero-order chi connectivity index (χ0) is 11.3. The van der Waals surface area contributed by atoms with E-state index in [2.05, 4.69) is 13.8 Å². The van der Waals surface area contributed by atoms with Crippen LogP contribution in [-0.2, 0) is 0 Å². The second-order valence-corrected chi connectivity index (χ2v) is 5.05. The number of hydrogen-bond donors (Lipinski definition) is 0. The molecule has 0 spiro atoms. The highest BCUT2D eigenvalue weighted by molar-refractivity contribution is 8.00. The first kappa shape index (κ1) is 12.1. The van der Waals surface area contributed by atoms with E-state index in [9.17, 15) is 4.79 Å². The van der Waals surface area contributed by atoms with Gasteiger partial charge in [-0.05, 0) is 17.4 Å². The van der Waals surface area contributed by atoms with Crippen molar-refractivity contribution in [2.75, 3.05) is 12.9 Å². The summed E-state index contributed by atoms with van der Waals surface area (Å²) >= 11 is 1.65. The maximum atomic E-state index is 11.8. The van der Waals surface area contributed by atoms with E-state index in [1.807, 2.05) is 24.3 Å². The molecule has 0 radical (unpaired) electrons. The predicted molar refractivity (Wildman–Crippen MR) is 64.9 cm³/mol. The van der Waals surface area contributed by atoms with Crippen LogP contribution in [0.25, 0.3) is 0 Å². The van der Waals surface area contributed by atoms with E-state index in [0.29, 0.717) is 22.3 Å². The molecule has 0 saturated heterocycles. The zero-order valence-corrected chi connectivity index (χ0v) is 10.1. The molecule has 2 nitrogen and oxygen atoms in total. The number of carbonyl (C=O) groups is 1.